The van der Waals surface area contributed by atoms with E-state index >= 15 is 0 Å². The lowest BCUT2D eigenvalue weighted by atomic mass is 10.1. The average molecular weight is 372 g/mol. The summed E-state index contributed by atoms with van der Waals surface area (Å²) in [7, 11) is 0. The Bertz CT molecular complexity index is 668. The molecule has 124 valence electrons. The fourth-order valence-electron chi connectivity index (χ4n) is 1.66. The minimum atomic E-state index is -0.414. The van der Waals surface area contributed by atoms with Gasteiger partial charge in [-0.25, -0.2) is 4.79 Å². The van der Waals surface area contributed by atoms with Crippen molar-refractivity contribution in [3.05, 3.63) is 22.0 Å². The Morgan fingerprint density at radius 3 is 2.83 bits per heavy atom. The number of nitrogens with zero attached hydrogens (tertiary/aromatic N) is 2. The maximum Gasteiger partial charge on any atom is 0.341 e. The second-order valence-corrected chi connectivity index (χ2v) is 7.95. The van der Waals surface area contributed by atoms with Crippen LogP contribution in [0.25, 0.3) is 0 Å². The van der Waals surface area contributed by atoms with Gasteiger partial charge in [-0.1, -0.05) is 36.9 Å². The third-order valence-corrected chi connectivity index (χ3v) is 5.95. The molecule has 0 radical (unpaired) electrons. The zero-order valence-corrected chi connectivity index (χ0v) is 15.4. The molecule has 0 aliphatic carbocycles. The highest BCUT2D eigenvalue weighted by Gasteiger charge is 2.20. The molecule has 0 fully saturated rings. The van der Waals surface area contributed by atoms with Crippen molar-refractivity contribution in [1.29, 1.82) is 0 Å². The van der Waals surface area contributed by atoms with Gasteiger partial charge in [-0.2, -0.15) is 0 Å². The van der Waals surface area contributed by atoms with Gasteiger partial charge in [0.05, 0.1) is 17.9 Å². The Balaban J connectivity index is 2.07. The molecule has 2 heterocycles. The summed E-state index contributed by atoms with van der Waals surface area (Å²) in [5, 5.41) is 10.9. The number of anilines is 1. The monoisotopic (exact) mass is 371 g/mol. The van der Waals surface area contributed by atoms with Crippen molar-refractivity contribution < 1.29 is 14.3 Å². The largest absolute Gasteiger partial charge is 0.462 e. The number of aromatic nitrogens is 2. The molecule has 0 saturated heterocycles. The minimum absolute atomic E-state index is 0.187. The second-order valence-electron chi connectivity index (χ2n) is 4.81. The number of esters is 1. The van der Waals surface area contributed by atoms with Crippen LogP contribution in [0.4, 0.5) is 5.00 Å². The topological polar surface area (TPSA) is 81.2 Å². The number of thioether (sulfide) groups is 1. The molecule has 2 aromatic heterocycles. The van der Waals surface area contributed by atoms with Gasteiger partial charge >= 0.3 is 5.97 Å². The average Bonchev–Trinajstić information content (AvgIpc) is 3.14. The SMILES string of the molecule is CCOC(=O)c1cc(C(C)C)sc1NC(=O)CSc1nncs1. The van der Waals surface area contributed by atoms with Crippen LogP contribution >= 0.6 is 34.4 Å². The third-order valence-electron chi connectivity index (χ3n) is 2.74. The van der Waals surface area contributed by atoms with Gasteiger partial charge in [0.1, 0.15) is 10.5 Å². The zero-order valence-electron chi connectivity index (χ0n) is 13.0. The highest BCUT2D eigenvalue weighted by Crippen LogP contribution is 2.33. The lowest BCUT2D eigenvalue weighted by Crippen LogP contribution is -2.15. The second kappa shape index (κ2) is 8.42. The highest BCUT2D eigenvalue weighted by atomic mass is 32.2. The summed E-state index contributed by atoms with van der Waals surface area (Å²) >= 11 is 4.10. The molecule has 9 heteroatoms. The predicted octanol–water partition coefficient (Wildman–Crippen LogP) is 3.63. The van der Waals surface area contributed by atoms with Crippen molar-refractivity contribution in [2.75, 3.05) is 17.7 Å². The first-order valence-electron chi connectivity index (χ1n) is 7.01. The molecule has 1 N–H and O–H groups in total. The number of ether oxygens (including phenoxy) is 1. The Morgan fingerprint density at radius 2 is 2.22 bits per heavy atom. The first-order valence-corrected chi connectivity index (χ1v) is 9.69. The standard InChI is InChI=1S/C14H17N3O3S3/c1-4-20-13(19)9-5-10(8(2)3)23-12(9)16-11(18)6-21-14-17-15-7-22-14/h5,7-8H,4,6H2,1-3H3,(H,16,18). The third kappa shape index (κ3) is 5.02. The van der Waals surface area contributed by atoms with Gasteiger partial charge < -0.3 is 10.1 Å². The number of carbonyl (C=O) groups is 2. The molecule has 1 amide bonds. The first-order chi connectivity index (χ1) is 11.0. The number of carbonyl (C=O) groups excluding carboxylic acids is 2. The van der Waals surface area contributed by atoms with Gasteiger partial charge in [0.25, 0.3) is 0 Å². The summed E-state index contributed by atoms with van der Waals surface area (Å²) in [5.41, 5.74) is 2.03. The summed E-state index contributed by atoms with van der Waals surface area (Å²) in [5.74, 6) is -0.114. The van der Waals surface area contributed by atoms with E-state index in [-0.39, 0.29) is 17.6 Å². The molecular formula is C14H17N3O3S3. The molecular weight excluding hydrogens is 354 g/mol. The van der Waals surface area contributed by atoms with E-state index < -0.39 is 5.97 Å². The molecule has 0 bridgehead atoms. The van der Waals surface area contributed by atoms with Crippen LogP contribution in [-0.4, -0.2) is 34.4 Å². The summed E-state index contributed by atoms with van der Waals surface area (Å²) in [6.07, 6.45) is 0. The van der Waals surface area contributed by atoms with Crippen LogP contribution in [-0.2, 0) is 9.53 Å². The molecule has 23 heavy (non-hydrogen) atoms. The van der Waals surface area contributed by atoms with Crippen molar-refractivity contribution in [1.82, 2.24) is 10.2 Å². The van der Waals surface area contributed by atoms with E-state index in [4.69, 9.17) is 4.74 Å². The molecule has 0 aromatic carbocycles. The van der Waals surface area contributed by atoms with Gasteiger partial charge in [-0.15, -0.1) is 21.5 Å². The highest BCUT2D eigenvalue weighted by molar-refractivity contribution is 8.01. The van der Waals surface area contributed by atoms with Gasteiger partial charge in [0.2, 0.25) is 5.91 Å². The number of thiophene rings is 1. The number of rotatable bonds is 7. The van der Waals surface area contributed by atoms with Crippen molar-refractivity contribution >= 4 is 51.3 Å². The van der Waals surface area contributed by atoms with Crippen LogP contribution in [0.3, 0.4) is 0 Å². The van der Waals surface area contributed by atoms with Gasteiger partial charge in [0, 0.05) is 4.88 Å². The van der Waals surface area contributed by atoms with E-state index in [0.29, 0.717) is 17.2 Å². The molecule has 6 nitrogen and oxygen atoms in total. The maximum atomic E-state index is 12.1. The minimum Gasteiger partial charge on any atom is -0.462 e. The van der Waals surface area contributed by atoms with Crippen molar-refractivity contribution in [2.45, 2.75) is 31.0 Å². The van der Waals surface area contributed by atoms with Crippen LogP contribution in [0.2, 0.25) is 0 Å². The predicted molar refractivity (Wildman–Crippen MR) is 93.6 cm³/mol. The van der Waals surface area contributed by atoms with E-state index in [1.165, 1.54) is 34.4 Å². The number of nitrogens with one attached hydrogen (secondary N) is 1. The lowest BCUT2D eigenvalue weighted by Gasteiger charge is -2.05. The van der Waals surface area contributed by atoms with Gasteiger partial charge in [0.15, 0.2) is 4.34 Å². The zero-order chi connectivity index (χ0) is 16.8. The first kappa shape index (κ1) is 17.9. The smallest absolute Gasteiger partial charge is 0.341 e. The van der Waals surface area contributed by atoms with Crippen LogP contribution in [0.1, 0.15) is 41.9 Å². The quantitative estimate of drug-likeness (QED) is 0.591. The number of hydrogen-bond donors (Lipinski definition) is 1. The fourth-order valence-corrected chi connectivity index (χ4v) is 4.02. The molecule has 0 aliphatic heterocycles. The van der Waals surface area contributed by atoms with Crippen molar-refractivity contribution in [3.8, 4) is 0 Å². The van der Waals surface area contributed by atoms with Gasteiger partial charge in [-0.3, -0.25) is 4.79 Å². The Morgan fingerprint density at radius 1 is 1.43 bits per heavy atom. The number of hydrogen-bond acceptors (Lipinski definition) is 8. The Hall–Kier alpha value is -1.45. The van der Waals surface area contributed by atoms with Gasteiger partial charge in [-0.05, 0) is 18.9 Å². The molecule has 0 spiro atoms. The van der Waals surface area contributed by atoms with E-state index in [0.717, 1.165) is 9.22 Å². The normalized spacial score (nSPS) is 10.8. The molecule has 2 aromatic rings. The molecule has 0 atom stereocenters. The molecule has 0 aliphatic rings. The summed E-state index contributed by atoms with van der Waals surface area (Å²) in [6, 6.07) is 1.79. The van der Waals surface area contributed by atoms with E-state index in [1.807, 2.05) is 13.8 Å². The lowest BCUT2D eigenvalue weighted by molar-refractivity contribution is -0.113. The summed E-state index contributed by atoms with van der Waals surface area (Å²) in [6.45, 7) is 6.13. The van der Waals surface area contributed by atoms with Crippen molar-refractivity contribution in [2.24, 2.45) is 0 Å². The molecule has 2 rings (SSSR count). The van der Waals surface area contributed by atoms with Crippen LogP contribution < -0.4 is 5.32 Å². The van der Waals surface area contributed by atoms with E-state index in [2.05, 4.69) is 15.5 Å². The summed E-state index contributed by atoms with van der Waals surface area (Å²) in [4.78, 5) is 25.2. The van der Waals surface area contributed by atoms with Crippen LogP contribution in [0.15, 0.2) is 15.9 Å². The Kier molecular flexibility index (Phi) is 6.55. The molecule has 0 saturated carbocycles. The van der Waals surface area contributed by atoms with Crippen LogP contribution in [0, 0.1) is 0 Å². The number of amides is 1. The molecule has 0 unspecified atom stereocenters. The maximum absolute atomic E-state index is 12.1. The fraction of sp³-hybridized carbons (Fsp3) is 0.429. The van der Waals surface area contributed by atoms with Crippen LogP contribution in [0.5, 0.6) is 0 Å². The summed E-state index contributed by atoms with van der Waals surface area (Å²) < 4.78 is 5.79. The van der Waals surface area contributed by atoms with E-state index in [9.17, 15) is 9.59 Å². The Labute approximate surface area is 146 Å². The van der Waals surface area contributed by atoms with Crippen molar-refractivity contribution in [3.63, 3.8) is 0 Å². The van der Waals surface area contributed by atoms with E-state index in [1.54, 1.807) is 18.5 Å².